The molecule has 0 aromatic carbocycles. The zero-order valence-electron chi connectivity index (χ0n) is 8.25. The molecular weight excluding hydrogens is 267 g/mol. The van der Waals surface area contributed by atoms with E-state index in [4.69, 9.17) is 15.3 Å². The molecule has 0 fully saturated rings. The minimum absolute atomic E-state index is 0. The van der Waals surface area contributed by atoms with Crippen molar-refractivity contribution in [1.82, 2.24) is 0 Å². The summed E-state index contributed by atoms with van der Waals surface area (Å²) in [5.74, 6) is 0. The summed E-state index contributed by atoms with van der Waals surface area (Å²) in [7, 11) is 1.66. The van der Waals surface area contributed by atoms with Gasteiger partial charge in [-0.2, -0.15) is 0 Å². The molecule has 0 aliphatic carbocycles. The first-order valence-electron chi connectivity index (χ1n) is 3.60. The Bertz CT molecular complexity index is 23.4. The molecular formula is C7H18O4Sn. The molecule has 0 rings (SSSR count). The molecule has 0 unspecified atom stereocenters. The van der Waals surface area contributed by atoms with Gasteiger partial charge in [-0.1, -0.05) is 20.8 Å². The fourth-order valence-electron chi connectivity index (χ4n) is 0. The molecule has 0 heterocycles. The van der Waals surface area contributed by atoms with Gasteiger partial charge in [-0.05, 0) is 0 Å². The van der Waals surface area contributed by atoms with Crippen molar-refractivity contribution in [3.8, 4) is 0 Å². The van der Waals surface area contributed by atoms with Gasteiger partial charge < -0.3 is 15.3 Å². The molecule has 0 aromatic heterocycles. The molecule has 0 spiro atoms. The van der Waals surface area contributed by atoms with Crippen molar-refractivity contribution in [2.75, 3.05) is 26.9 Å². The summed E-state index contributed by atoms with van der Waals surface area (Å²) < 4.78 is 4.34. The molecule has 0 radical (unpaired) electrons. The van der Waals surface area contributed by atoms with Crippen LogP contribution in [0, 0.1) is 0 Å². The third kappa shape index (κ3) is 2420. The first-order chi connectivity index (χ1) is 5.66. The monoisotopic (exact) mass is 286 g/mol. The zero-order valence-corrected chi connectivity index (χ0v) is 11.1. The number of rotatable bonds is 0. The van der Waals surface area contributed by atoms with Crippen molar-refractivity contribution in [1.29, 1.82) is 0 Å². The molecule has 74 valence electrons. The van der Waals surface area contributed by atoms with E-state index in [0.29, 0.717) is 0 Å². The Morgan fingerprint density at radius 3 is 0.917 bits per heavy atom. The van der Waals surface area contributed by atoms with Crippen LogP contribution in [0.5, 0.6) is 0 Å². The van der Waals surface area contributed by atoms with E-state index in [9.17, 15) is 0 Å². The molecule has 0 saturated carbocycles. The summed E-state index contributed by atoms with van der Waals surface area (Å²) in [6.45, 7) is 4.71. The van der Waals surface area contributed by atoms with Crippen molar-refractivity contribution >= 4 is 22.9 Å². The van der Waals surface area contributed by atoms with Crippen LogP contribution in [0.25, 0.3) is 0 Å². The molecule has 0 atom stereocenters. The standard InChI is InChI=1S/3C2H5O.CH3O.Sn/c3*1-2-3;1-2;/h3*2H2,1H3;1H3;/q4*-1;+4. The van der Waals surface area contributed by atoms with Crippen LogP contribution in [0.2, 0.25) is 0 Å². The second-order valence-corrected chi connectivity index (χ2v) is 2.24. The van der Waals surface area contributed by atoms with Crippen molar-refractivity contribution in [3.63, 3.8) is 0 Å². The average molecular weight is 285 g/mol. The van der Waals surface area contributed by atoms with E-state index in [-0.39, 0.29) is 19.8 Å². The molecule has 0 aromatic rings. The maximum absolute atomic E-state index is 8.93. The molecule has 5 heteroatoms. The van der Waals surface area contributed by atoms with Gasteiger partial charge in [0.1, 0.15) is 0 Å². The predicted molar refractivity (Wildman–Crippen MR) is 44.4 cm³/mol. The number of hydrogen-bond donors (Lipinski definition) is 0. The van der Waals surface area contributed by atoms with Crippen LogP contribution in [-0.4, -0.2) is 49.9 Å². The second-order valence-electron chi connectivity index (χ2n) is 1.07. The quantitative estimate of drug-likeness (QED) is 0.474. The van der Waals surface area contributed by atoms with E-state index < -0.39 is 0 Å². The van der Waals surface area contributed by atoms with Crippen molar-refractivity contribution in [2.24, 2.45) is 0 Å². The molecule has 4 nitrogen and oxygen atoms in total. The Kier molecular flexibility index (Phi) is 117. The summed E-state index contributed by atoms with van der Waals surface area (Å²) in [5, 5.41) is 26.8. The van der Waals surface area contributed by atoms with Gasteiger partial charge in [0, 0.05) is 0 Å². The van der Waals surface area contributed by atoms with E-state index in [1.807, 2.05) is 0 Å². The Hall–Kier alpha value is 0.639. The van der Waals surface area contributed by atoms with E-state index >= 15 is 0 Å². The van der Waals surface area contributed by atoms with E-state index in [0.717, 1.165) is 22.9 Å². The van der Waals surface area contributed by atoms with Gasteiger partial charge in [-0.3, -0.25) is 0 Å². The molecule has 12 heavy (non-hydrogen) atoms. The first-order valence-corrected chi connectivity index (χ1v) is 4.76. The van der Waals surface area contributed by atoms with E-state index in [1.165, 1.54) is 0 Å². The van der Waals surface area contributed by atoms with Crippen LogP contribution in [-0.2, 0) is 3.07 Å². The van der Waals surface area contributed by atoms with E-state index in [1.54, 1.807) is 27.9 Å². The summed E-state index contributed by atoms with van der Waals surface area (Å²) in [6, 6.07) is 0. The van der Waals surface area contributed by atoms with Gasteiger partial charge in [0.25, 0.3) is 0 Å². The van der Waals surface area contributed by atoms with Gasteiger partial charge in [0.2, 0.25) is 0 Å². The van der Waals surface area contributed by atoms with Gasteiger partial charge in [0.15, 0.2) is 0 Å². The summed E-state index contributed by atoms with van der Waals surface area (Å²) in [5.41, 5.74) is 0. The van der Waals surface area contributed by atoms with Crippen molar-refractivity contribution < 1.29 is 18.4 Å². The topological polar surface area (TPSA) is 78.4 Å². The fraction of sp³-hybridized carbons (Fsp3) is 1.00. The summed E-state index contributed by atoms with van der Waals surface area (Å²) >= 11 is 1.14. The molecule has 0 saturated heterocycles. The first kappa shape index (κ1) is 22.9. The summed E-state index contributed by atoms with van der Waals surface area (Å²) in [6.07, 6.45) is 0. The maximum atomic E-state index is 8.93. The molecule has 0 aliphatic heterocycles. The average Bonchev–Trinajstić information content (AvgIpc) is 1.92. The van der Waals surface area contributed by atoms with Gasteiger partial charge in [-0.25, -0.2) is 0 Å². The van der Waals surface area contributed by atoms with Crippen molar-refractivity contribution in [3.05, 3.63) is 0 Å². The van der Waals surface area contributed by atoms with Gasteiger partial charge >= 0.3 is 33.1 Å². The minimum atomic E-state index is 0. The van der Waals surface area contributed by atoms with Crippen molar-refractivity contribution in [2.45, 2.75) is 20.8 Å². The predicted octanol–water partition coefficient (Wildman–Crippen LogP) is -2.18. The zero-order chi connectivity index (χ0) is 10.8. The molecule has 0 bridgehead atoms. The Labute approximate surface area is 89.2 Å². The van der Waals surface area contributed by atoms with Gasteiger partial charge in [-0.15, -0.1) is 19.8 Å². The Morgan fingerprint density at radius 1 is 0.917 bits per heavy atom. The van der Waals surface area contributed by atoms with Crippen LogP contribution in [0.3, 0.4) is 0 Å². The normalized spacial score (nSPS) is 6.08. The van der Waals surface area contributed by atoms with Crippen LogP contribution < -0.4 is 15.3 Å². The molecule has 0 N–H and O–H groups in total. The fourth-order valence-corrected chi connectivity index (χ4v) is 0. The molecule has 0 aliphatic rings. The Balaban J connectivity index is -0.0000000356. The van der Waals surface area contributed by atoms with Crippen LogP contribution in [0.1, 0.15) is 20.8 Å². The third-order valence-electron chi connectivity index (χ3n) is 0. The SMILES string of the molecule is CC[O-].CC[O-].CC[O-].C[O][Sn+3]. The van der Waals surface area contributed by atoms with E-state index in [2.05, 4.69) is 3.07 Å². The number of hydrogen-bond acceptors (Lipinski definition) is 4. The van der Waals surface area contributed by atoms with Gasteiger partial charge in [0.05, 0.1) is 0 Å². The Morgan fingerprint density at radius 2 is 0.917 bits per heavy atom. The van der Waals surface area contributed by atoms with Crippen LogP contribution >= 0.6 is 0 Å². The second kappa shape index (κ2) is 61.2. The van der Waals surface area contributed by atoms with Crippen LogP contribution in [0.15, 0.2) is 0 Å². The van der Waals surface area contributed by atoms with Crippen LogP contribution in [0.4, 0.5) is 0 Å². The third-order valence-corrected chi connectivity index (χ3v) is 0. The summed E-state index contributed by atoms with van der Waals surface area (Å²) in [4.78, 5) is 0. The molecule has 0 amide bonds.